The van der Waals surface area contributed by atoms with Crippen molar-refractivity contribution in [3.8, 4) is 0 Å². The van der Waals surface area contributed by atoms with Crippen LogP contribution in [0, 0.1) is 19.7 Å². The SMILES string of the molecule is Cc1ccc(SCC(O)c2cc(F)ccc2C)cc1. The van der Waals surface area contributed by atoms with Crippen molar-refractivity contribution < 1.29 is 9.50 Å². The molecule has 0 saturated heterocycles. The highest BCUT2D eigenvalue weighted by atomic mass is 32.2. The summed E-state index contributed by atoms with van der Waals surface area (Å²) in [5.74, 6) is 0.216. The van der Waals surface area contributed by atoms with Gasteiger partial charge in [0.2, 0.25) is 0 Å². The zero-order chi connectivity index (χ0) is 13.8. The Morgan fingerprint density at radius 1 is 1.11 bits per heavy atom. The molecule has 1 nitrogen and oxygen atoms in total. The summed E-state index contributed by atoms with van der Waals surface area (Å²) in [4.78, 5) is 1.11. The van der Waals surface area contributed by atoms with E-state index in [0.29, 0.717) is 11.3 Å². The van der Waals surface area contributed by atoms with Gasteiger partial charge in [-0.3, -0.25) is 0 Å². The second-order valence-electron chi connectivity index (χ2n) is 4.64. The summed E-state index contributed by atoms with van der Waals surface area (Å²) < 4.78 is 13.2. The molecule has 0 spiro atoms. The van der Waals surface area contributed by atoms with E-state index in [2.05, 4.69) is 0 Å². The molecule has 0 aliphatic heterocycles. The van der Waals surface area contributed by atoms with Gasteiger partial charge < -0.3 is 5.11 Å². The number of halogens is 1. The van der Waals surface area contributed by atoms with E-state index in [0.717, 1.165) is 10.5 Å². The second kappa shape index (κ2) is 6.22. The molecule has 2 rings (SSSR count). The van der Waals surface area contributed by atoms with E-state index < -0.39 is 6.10 Å². The van der Waals surface area contributed by atoms with Crippen molar-refractivity contribution in [1.29, 1.82) is 0 Å². The van der Waals surface area contributed by atoms with Gasteiger partial charge in [0, 0.05) is 10.6 Å². The summed E-state index contributed by atoms with van der Waals surface area (Å²) >= 11 is 1.57. The predicted octanol–water partition coefficient (Wildman–Crippen LogP) is 4.27. The lowest BCUT2D eigenvalue weighted by molar-refractivity contribution is 0.203. The van der Waals surface area contributed by atoms with Gasteiger partial charge in [-0.2, -0.15) is 0 Å². The van der Waals surface area contributed by atoms with Gasteiger partial charge in [0.25, 0.3) is 0 Å². The third kappa shape index (κ3) is 3.82. The van der Waals surface area contributed by atoms with Crippen LogP contribution in [-0.2, 0) is 0 Å². The van der Waals surface area contributed by atoms with Gasteiger partial charge in [-0.15, -0.1) is 11.8 Å². The summed E-state index contributed by atoms with van der Waals surface area (Å²) in [5.41, 5.74) is 2.80. The molecular weight excluding hydrogens is 259 g/mol. The van der Waals surface area contributed by atoms with E-state index in [1.807, 2.05) is 38.1 Å². The number of aliphatic hydroxyl groups is 1. The van der Waals surface area contributed by atoms with Crippen molar-refractivity contribution in [3.63, 3.8) is 0 Å². The largest absolute Gasteiger partial charge is 0.388 e. The topological polar surface area (TPSA) is 20.2 Å². The van der Waals surface area contributed by atoms with Crippen LogP contribution in [-0.4, -0.2) is 10.9 Å². The molecule has 0 aliphatic rings. The van der Waals surface area contributed by atoms with Crippen LogP contribution in [0.5, 0.6) is 0 Å². The van der Waals surface area contributed by atoms with Crippen molar-refractivity contribution in [1.82, 2.24) is 0 Å². The zero-order valence-electron chi connectivity index (χ0n) is 11.1. The Balaban J connectivity index is 2.03. The first kappa shape index (κ1) is 14.1. The summed E-state index contributed by atoms with van der Waals surface area (Å²) in [6, 6.07) is 12.7. The smallest absolute Gasteiger partial charge is 0.123 e. The molecular formula is C16H17FOS. The fourth-order valence-electron chi connectivity index (χ4n) is 1.87. The monoisotopic (exact) mass is 276 g/mol. The standard InChI is InChI=1S/C16H17FOS/c1-11-3-7-14(8-4-11)19-10-16(18)15-9-13(17)6-5-12(15)2/h3-9,16,18H,10H2,1-2H3. The molecule has 1 unspecified atom stereocenters. The average molecular weight is 276 g/mol. The molecule has 0 saturated carbocycles. The Hall–Kier alpha value is -1.32. The lowest BCUT2D eigenvalue weighted by Crippen LogP contribution is -2.03. The van der Waals surface area contributed by atoms with Gasteiger partial charge in [0.05, 0.1) is 6.10 Å². The number of benzene rings is 2. The number of aliphatic hydroxyl groups excluding tert-OH is 1. The highest BCUT2D eigenvalue weighted by Crippen LogP contribution is 2.27. The van der Waals surface area contributed by atoms with Crippen molar-refractivity contribution in [2.75, 3.05) is 5.75 Å². The molecule has 2 aromatic carbocycles. The Bertz CT molecular complexity index is 551. The normalized spacial score (nSPS) is 12.4. The lowest BCUT2D eigenvalue weighted by atomic mass is 10.0. The Morgan fingerprint density at radius 3 is 2.47 bits per heavy atom. The van der Waals surface area contributed by atoms with Crippen molar-refractivity contribution >= 4 is 11.8 Å². The molecule has 1 N–H and O–H groups in total. The molecule has 0 bridgehead atoms. The van der Waals surface area contributed by atoms with Crippen LogP contribution in [0.25, 0.3) is 0 Å². The van der Waals surface area contributed by atoms with Gasteiger partial charge in [0.15, 0.2) is 0 Å². The lowest BCUT2D eigenvalue weighted by Gasteiger charge is -2.13. The molecule has 3 heteroatoms. The van der Waals surface area contributed by atoms with E-state index in [1.54, 1.807) is 17.8 Å². The van der Waals surface area contributed by atoms with Crippen molar-refractivity contribution in [2.24, 2.45) is 0 Å². The van der Waals surface area contributed by atoms with Crippen molar-refractivity contribution in [2.45, 2.75) is 24.8 Å². The van der Waals surface area contributed by atoms with Gasteiger partial charge in [-0.1, -0.05) is 23.8 Å². The average Bonchev–Trinajstić information content (AvgIpc) is 2.40. The molecule has 0 heterocycles. The van der Waals surface area contributed by atoms with Gasteiger partial charge in [-0.25, -0.2) is 4.39 Å². The summed E-state index contributed by atoms with van der Waals surface area (Å²) in [7, 11) is 0. The molecule has 0 amide bonds. The molecule has 0 aliphatic carbocycles. The molecule has 2 aromatic rings. The number of aryl methyl sites for hydroxylation is 2. The summed E-state index contributed by atoms with van der Waals surface area (Å²) in [6.07, 6.45) is -0.651. The van der Waals surface area contributed by atoms with Crippen LogP contribution in [0.1, 0.15) is 22.8 Å². The fourth-order valence-corrected chi connectivity index (χ4v) is 2.73. The highest BCUT2D eigenvalue weighted by molar-refractivity contribution is 7.99. The first-order valence-electron chi connectivity index (χ1n) is 6.20. The van der Waals surface area contributed by atoms with Crippen LogP contribution in [0.2, 0.25) is 0 Å². The Kier molecular flexibility index (Phi) is 4.61. The summed E-state index contributed by atoms with van der Waals surface area (Å²) in [5, 5.41) is 10.2. The predicted molar refractivity (Wildman–Crippen MR) is 78.0 cm³/mol. The van der Waals surface area contributed by atoms with Gasteiger partial charge in [-0.05, 0) is 49.2 Å². The Labute approximate surface area is 117 Å². The van der Waals surface area contributed by atoms with Gasteiger partial charge in [0.1, 0.15) is 5.82 Å². The molecule has 0 radical (unpaired) electrons. The quantitative estimate of drug-likeness (QED) is 0.842. The minimum atomic E-state index is -0.651. The number of thioether (sulfide) groups is 1. The van der Waals surface area contributed by atoms with Crippen LogP contribution >= 0.6 is 11.8 Å². The number of hydrogen-bond acceptors (Lipinski definition) is 2. The van der Waals surface area contributed by atoms with Crippen molar-refractivity contribution in [3.05, 3.63) is 65.0 Å². The van der Waals surface area contributed by atoms with E-state index in [9.17, 15) is 9.50 Å². The fraction of sp³-hybridized carbons (Fsp3) is 0.250. The van der Waals surface area contributed by atoms with E-state index in [4.69, 9.17) is 0 Å². The third-order valence-electron chi connectivity index (χ3n) is 3.03. The number of rotatable bonds is 4. The first-order chi connectivity index (χ1) is 9.06. The van der Waals surface area contributed by atoms with E-state index in [-0.39, 0.29) is 5.82 Å². The maximum absolute atomic E-state index is 13.2. The molecule has 100 valence electrons. The highest BCUT2D eigenvalue weighted by Gasteiger charge is 2.12. The minimum Gasteiger partial charge on any atom is -0.388 e. The molecule has 0 aromatic heterocycles. The third-order valence-corrected chi connectivity index (χ3v) is 4.12. The second-order valence-corrected chi connectivity index (χ2v) is 5.73. The molecule has 1 atom stereocenters. The van der Waals surface area contributed by atoms with Crippen LogP contribution in [0.4, 0.5) is 4.39 Å². The number of hydrogen-bond donors (Lipinski definition) is 1. The zero-order valence-corrected chi connectivity index (χ0v) is 11.9. The molecule has 0 fully saturated rings. The maximum atomic E-state index is 13.2. The van der Waals surface area contributed by atoms with Crippen LogP contribution < -0.4 is 0 Å². The maximum Gasteiger partial charge on any atom is 0.123 e. The van der Waals surface area contributed by atoms with E-state index >= 15 is 0 Å². The van der Waals surface area contributed by atoms with Crippen LogP contribution in [0.15, 0.2) is 47.4 Å². The Morgan fingerprint density at radius 2 is 1.79 bits per heavy atom. The minimum absolute atomic E-state index is 0.306. The summed E-state index contributed by atoms with van der Waals surface area (Å²) in [6.45, 7) is 3.92. The van der Waals surface area contributed by atoms with Crippen LogP contribution in [0.3, 0.4) is 0 Å². The molecule has 19 heavy (non-hydrogen) atoms. The van der Waals surface area contributed by atoms with E-state index in [1.165, 1.54) is 17.7 Å². The first-order valence-corrected chi connectivity index (χ1v) is 7.18. The van der Waals surface area contributed by atoms with Gasteiger partial charge >= 0.3 is 0 Å².